The Labute approximate surface area is 183 Å². The lowest BCUT2D eigenvalue weighted by atomic mass is 10.1. The largest absolute Gasteiger partial charge is 0.503 e. The number of benzene rings is 1. The lowest BCUT2D eigenvalue weighted by Crippen LogP contribution is -2.56. The van der Waals surface area contributed by atoms with E-state index in [0.29, 0.717) is 19.1 Å². The molecular weight excluding hydrogens is 446 g/mol. The molecule has 166 valence electrons. The number of aromatic nitrogens is 3. The highest BCUT2D eigenvalue weighted by atomic mass is 32.1. The minimum absolute atomic E-state index is 0.00304. The van der Waals surface area contributed by atoms with Crippen molar-refractivity contribution in [3.8, 4) is 27.3 Å². The van der Waals surface area contributed by atoms with Gasteiger partial charge in [-0.15, -0.1) is 5.10 Å². The van der Waals surface area contributed by atoms with E-state index in [4.69, 9.17) is 9.47 Å². The number of hydrogen-bond donors (Lipinski definition) is 1. The predicted molar refractivity (Wildman–Crippen MR) is 108 cm³/mol. The van der Waals surface area contributed by atoms with Crippen molar-refractivity contribution in [1.82, 2.24) is 19.7 Å². The Morgan fingerprint density at radius 2 is 2.09 bits per heavy atom. The van der Waals surface area contributed by atoms with Crippen LogP contribution in [0.15, 0.2) is 29.2 Å². The fourth-order valence-corrected chi connectivity index (χ4v) is 4.54. The molecule has 2 aliphatic rings. The van der Waals surface area contributed by atoms with Gasteiger partial charge in [-0.25, -0.2) is 8.78 Å². The summed E-state index contributed by atoms with van der Waals surface area (Å²) in [5, 5.41) is 18.2. The first-order valence-corrected chi connectivity index (χ1v) is 10.5. The van der Waals surface area contributed by atoms with Gasteiger partial charge in [-0.05, 0) is 25.5 Å². The van der Waals surface area contributed by atoms with Crippen LogP contribution in [-0.2, 0) is 11.3 Å². The number of fused-ring (bicyclic) bond motifs is 2. The number of amides is 1. The van der Waals surface area contributed by atoms with Crippen molar-refractivity contribution < 1.29 is 28.2 Å². The third kappa shape index (κ3) is 3.31. The summed E-state index contributed by atoms with van der Waals surface area (Å²) in [6, 6.07) is 2.72. The molecule has 9 nitrogen and oxygen atoms in total. The van der Waals surface area contributed by atoms with E-state index in [0.717, 1.165) is 23.5 Å². The molecule has 1 aromatic carbocycles. The quantitative estimate of drug-likeness (QED) is 0.638. The van der Waals surface area contributed by atoms with Crippen LogP contribution in [0.4, 0.5) is 8.78 Å². The molecule has 1 amide bonds. The molecule has 2 aliphatic heterocycles. The first kappa shape index (κ1) is 20.5. The maximum Gasteiger partial charge on any atom is 0.299 e. The number of ether oxygens (including phenoxy) is 2. The molecule has 1 saturated heterocycles. The molecule has 0 saturated carbocycles. The number of pyridine rings is 1. The van der Waals surface area contributed by atoms with Gasteiger partial charge in [0.15, 0.2) is 34.2 Å². The molecular formula is C20H16F2N4O5S. The molecule has 5 rings (SSSR count). The topological polar surface area (TPSA) is 107 Å². The highest BCUT2D eigenvalue weighted by Gasteiger charge is 2.40. The van der Waals surface area contributed by atoms with Crippen LogP contribution >= 0.6 is 11.3 Å². The van der Waals surface area contributed by atoms with E-state index < -0.39 is 34.9 Å². The highest BCUT2D eigenvalue weighted by Crippen LogP contribution is 2.34. The van der Waals surface area contributed by atoms with Crippen LogP contribution in [0.3, 0.4) is 0 Å². The molecule has 1 fully saturated rings. The molecule has 4 heterocycles. The molecule has 2 aromatic heterocycles. The summed E-state index contributed by atoms with van der Waals surface area (Å²) in [7, 11) is 0. The van der Waals surface area contributed by atoms with Crippen molar-refractivity contribution in [2.24, 2.45) is 0 Å². The predicted octanol–water partition coefficient (Wildman–Crippen LogP) is 2.73. The summed E-state index contributed by atoms with van der Waals surface area (Å²) in [6.45, 7) is 2.62. The average Bonchev–Trinajstić information content (AvgIpc) is 3.21. The van der Waals surface area contributed by atoms with Crippen LogP contribution in [0.1, 0.15) is 23.8 Å². The molecule has 0 radical (unpaired) electrons. The van der Waals surface area contributed by atoms with Crippen LogP contribution in [0.5, 0.6) is 16.7 Å². The highest BCUT2D eigenvalue weighted by molar-refractivity contribution is 7.16. The minimum Gasteiger partial charge on any atom is -0.503 e. The van der Waals surface area contributed by atoms with Gasteiger partial charge in [0.1, 0.15) is 5.82 Å². The maximum atomic E-state index is 13.8. The van der Waals surface area contributed by atoms with E-state index in [1.165, 1.54) is 15.7 Å². The first-order valence-electron chi connectivity index (χ1n) is 9.71. The molecule has 1 N–H and O–H groups in total. The van der Waals surface area contributed by atoms with Gasteiger partial charge in [-0.1, -0.05) is 16.4 Å². The van der Waals surface area contributed by atoms with Gasteiger partial charge in [-0.3, -0.25) is 9.59 Å². The number of rotatable bonds is 3. The molecule has 2 atom stereocenters. The zero-order chi connectivity index (χ0) is 22.6. The minimum atomic E-state index is -0.918. The Bertz CT molecular complexity index is 1290. The molecule has 32 heavy (non-hydrogen) atoms. The Balaban J connectivity index is 1.50. The van der Waals surface area contributed by atoms with E-state index in [2.05, 4.69) is 10.2 Å². The number of aromatic hydroxyl groups is 1. The van der Waals surface area contributed by atoms with Gasteiger partial charge in [0.25, 0.3) is 11.1 Å². The molecule has 0 aliphatic carbocycles. The Morgan fingerprint density at radius 3 is 2.88 bits per heavy atom. The summed E-state index contributed by atoms with van der Waals surface area (Å²) >= 11 is 0.835. The average molecular weight is 462 g/mol. The van der Waals surface area contributed by atoms with Gasteiger partial charge in [0, 0.05) is 18.3 Å². The second-order valence-electron chi connectivity index (χ2n) is 7.45. The van der Waals surface area contributed by atoms with Crippen molar-refractivity contribution in [3.63, 3.8) is 0 Å². The number of hydrogen-bond acceptors (Lipinski definition) is 8. The van der Waals surface area contributed by atoms with Gasteiger partial charge < -0.3 is 24.0 Å². The zero-order valence-electron chi connectivity index (χ0n) is 16.6. The second kappa shape index (κ2) is 7.64. The summed E-state index contributed by atoms with van der Waals surface area (Å²) < 4.78 is 39.4. The number of nitrogens with zero attached hydrogens (tertiary/aromatic N) is 4. The third-order valence-corrected chi connectivity index (χ3v) is 6.24. The first-order chi connectivity index (χ1) is 15.3. The molecule has 3 aromatic rings. The Kier molecular flexibility index (Phi) is 4.90. The number of carbonyl (C=O) groups excluding carboxylic acids is 1. The Morgan fingerprint density at radius 1 is 1.28 bits per heavy atom. The fraction of sp³-hybridized carbons (Fsp3) is 0.300. The Hall–Kier alpha value is -3.38. The third-order valence-electron chi connectivity index (χ3n) is 5.41. The van der Waals surface area contributed by atoms with E-state index >= 15 is 0 Å². The standard InChI is InChI=1S/C20H16F2N4O5S/c1-9-4-5-30-14-8-25-7-11(16(27)17(28)15(25)19(29)26(9)14)18-23-24-20(32-18)31-13-3-2-10(21)6-12(13)22/h2-3,6-7,9,14,28H,4-5,8H2,1H3/t9-,14+/m1/s1. The van der Waals surface area contributed by atoms with Crippen LogP contribution < -0.4 is 10.2 Å². The summed E-state index contributed by atoms with van der Waals surface area (Å²) in [4.78, 5) is 27.3. The van der Waals surface area contributed by atoms with Gasteiger partial charge in [0.2, 0.25) is 5.43 Å². The van der Waals surface area contributed by atoms with Crippen LogP contribution in [0.2, 0.25) is 0 Å². The van der Waals surface area contributed by atoms with Crippen LogP contribution in [0, 0.1) is 11.6 Å². The lowest BCUT2D eigenvalue weighted by molar-refractivity contribution is -0.112. The van der Waals surface area contributed by atoms with Crippen LogP contribution in [-0.4, -0.2) is 49.6 Å². The smallest absolute Gasteiger partial charge is 0.299 e. The summed E-state index contributed by atoms with van der Waals surface area (Å²) in [6.07, 6.45) is 1.56. The number of halogens is 2. The molecule has 0 unspecified atom stereocenters. The van der Waals surface area contributed by atoms with Crippen molar-refractivity contribution in [3.05, 3.63) is 51.9 Å². The normalized spacial score (nSPS) is 20.1. The zero-order valence-corrected chi connectivity index (χ0v) is 17.4. The molecule has 12 heteroatoms. The molecule has 0 bridgehead atoms. The van der Waals surface area contributed by atoms with E-state index in [9.17, 15) is 23.5 Å². The van der Waals surface area contributed by atoms with E-state index in [1.54, 1.807) is 0 Å². The van der Waals surface area contributed by atoms with Crippen molar-refractivity contribution in [1.29, 1.82) is 0 Å². The SMILES string of the molecule is C[C@@H]1CCO[C@H]2Cn3cc(-c4nnc(Oc5ccc(F)cc5F)s4)c(=O)c(O)c3C(=O)N12. The van der Waals surface area contributed by atoms with Crippen molar-refractivity contribution >= 4 is 17.2 Å². The lowest BCUT2D eigenvalue weighted by Gasteiger charge is -2.44. The van der Waals surface area contributed by atoms with E-state index in [-0.39, 0.29) is 39.8 Å². The maximum absolute atomic E-state index is 13.8. The van der Waals surface area contributed by atoms with Crippen LogP contribution in [0.25, 0.3) is 10.6 Å². The molecule has 0 spiro atoms. The van der Waals surface area contributed by atoms with Gasteiger partial charge in [0.05, 0.1) is 18.7 Å². The van der Waals surface area contributed by atoms with Crippen molar-refractivity contribution in [2.45, 2.75) is 32.2 Å². The summed E-state index contributed by atoms with van der Waals surface area (Å²) in [5.41, 5.74) is -0.894. The summed E-state index contributed by atoms with van der Waals surface area (Å²) in [5.74, 6) is -3.10. The fourth-order valence-electron chi connectivity index (χ4n) is 3.82. The van der Waals surface area contributed by atoms with E-state index in [1.807, 2.05) is 6.92 Å². The monoisotopic (exact) mass is 462 g/mol. The van der Waals surface area contributed by atoms with Crippen molar-refractivity contribution in [2.75, 3.05) is 6.61 Å². The second-order valence-corrected chi connectivity index (χ2v) is 8.39. The number of carbonyl (C=O) groups is 1. The van der Waals surface area contributed by atoms with Gasteiger partial charge in [-0.2, -0.15) is 0 Å². The van der Waals surface area contributed by atoms with Gasteiger partial charge >= 0.3 is 0 Å².